The first-order valence-electron chi connectivity index (χ1n) is 6.48. The number of sulfonamides is 1. The van der Waals surface area contributed by atoms with Crippen LogP contribution in [0, 0.1) is 5.92 Å². The minimum absolute atomic E-state index is 0.215. The van der Waals surface area contributed by atoms with E-state index in [4.69, 9.17) is 0 Å². The second-order valence-corrected chi connectivity index (χ2v) is 8.31. The lowest BCUT2D eigenvalue weighted by Gasteiger charge is -2.22. The highest BCUT2D eigenvalue weighted by atomic mass is 32.2. The average Bonchev–Trinajstić information content (AvgIpc) is 2.34. The molecule has 18 heavy (non-hydrogen) atoms. The van der Waals surface area contributed by atoms with Gasteiger partial charge in [-0.1, -0.05) is 0 Å². The summed E-state index contributed by atoms with van der Waals surface area (Å²) in [5.41, 5.74) is 0. The predicted octanol–water partition coefficient (Wildman–Crippen LogP) is 0.0641. The molecule has 108 valence electrons. The molecule has 2 N–H and O–H groups in total. The molecule has 0 saturated carbocycles. The number of piperidine rings is 1. The molecule has 1 unspecified atom stereocenters. The summed E-state index contributed by atoms with van der Waals surface area (Å²) in [5.74, 6) is 1.30. The minimum atomic E-state index is -3.15. The predicted molar refractivity (Wildman–Crippen MR) is 75.6 cm³/mol. The third kappa shape index (κ3) is 7.45. The highest BCUT2D eigenvalue weighted by Crippen LogP contribution is 2.16. The summed E-state index contributed by atoms with van der Waals surface area (Å²) in [6.07, 6.45) is 5.16. The molecule has 0 radical (unpaired) electrons. The maximum atomic E-state index is 11.7. The smallest absolute Gasteiger partial charge is 0.211 e. The molecular weight excluding hydrogens is 272 g/mol. The van der Waals surface area contributed by atoms with Crippen molar-refractivity contribution in [3.63, 3.8) is 0 Å². The molecule has 1 fully saturated rings. The maximum Gasteiger partial charge on any atom is 0.211 e. The maximum absolute atomic E-state index is 11.7. The van der Waals surface area contributed by atoms with Gasteiger partial charge in [0.2, 0.25) is 10.0 Å². The van der Waals surface area contributed by atoms with Gasteiger partial charge in [-0.05, 0) is 44.7 Å². The van der Waals surface area contributed by atoms with Crippen LogP contribution in [0.1, 0.15) is 25.7 Å². The van der Waals surface area contributed by atoms with Crippen molar-refractivity contribution in [1.82, 2.24) is 10.0 Å². The van der Waals surface area contributed by atoms with Crippen molar-refractivity contribution < 1.29 is 12.6 Å². The monoisotopic (exact) mass is 296 g/mol. The van der Waals surface area contributed by atoms with E-state index in [1.165, 1.54) is 0 Å². The van der Waals surface area contributed by atoms with Crippen LogP contribution in [0.5, 0.6) is 0 Å². The van der Waals surface area contributed by atoms with E-state index < -0.39 is 20.8 Å². The van der Waals surface area contributed by atoms with Crippen molar-refractivity contribution in [2.75, 3.05) is 37.4 Å². The molecule has 0 amide bonds. The first kappa shape index (κ1) is 16.1. The number of hydrogen-bond acceptors (Lipinski definition) is 4. The summed E-state index contributed by atoms with van der Waals surface area (Å²) < 4.78 is 36.8. The van der Waals surface area contributed by atoms with Crippen LogP contribution in [0.3, 0.4) is 0 Å². The lowest BCUT2D eigenvalue weighted by atomic mass is 9.96. The van der Waals surface area contributed by atoms with Gasteiger partial charge >= 0.3 is 0 Å². The molecule has 0 bridgehead atoms. The van der Waals surface area contributed by atoms with Gasteiger partial charge in [0, 0.05) is 29.4 Å². The van der Waals surface area contributed by atoms with E-state index in [1.807, 2.05) is 0 Å². The summed E-state index contributed by atoms with van der Waals surface area (Å²) in [5, 5.41) is 3.27. The van der Waals surface area contributed by atoms with Crippen LogP contribution in [0.4, 0.5) is 0 Å². The van der Waals surface area contributed by atoms with Gasteiger partial charge in [-0.2, -0.15) is 0 Å². The van der Waals surface area contributed by atoms with Gasteiger partial charge in [-0.25, -0.2) is 13.1 Å². The zero-order valence-electron chi connectivity index (χ0n) is 11.0. The fourth-order valence-electron chi connectivity index (χ4n) is 2.07. The third-order valence-corrected chi connectivity index (χ3v) is 5.46. The Labute approximate surface area is 113 Å². The van der Waals surface area contributed by atoms with Crippen LogP contribution in [0.25, 0.3) is 0 Å². The zero-order chi connectivity index (χ0) is 13.4. The van der Waals surface area contributed by atoms with Gasteiger partial charge in [-0.3, -0.25) is 4.21 Å². The van der Waals surface area contributed by atoms with Gasteiger partial charge in [0.15, 0.2) is 0 Å². The zero-order valence-corrected chi connectivity index (χ0v) is 12.6. The van der Waals surface area contributed by atoms with Crippen molar-refractivity contribution in [3.8, 4) is 0 Å². The quantitative estimate of drug-likeness (QED) is 0.621. The van der Waals surface area contributed by atoms with E-state index >= 15 is 0 Å². The first-order chi connectivity index (χ1) is 8.49. The van der Waals surface area contributed by atoms with Crippen LogP contribution in [0.2, 0.25) is 0 Å². The molecule has 0 aromatic rings. The van der Waals surface area contributed by atoms with E-state index in [0.29, 0.717) is 24.6 Å². The van der Waals surface area contributed by atoms with Crippen LogP contribution >= 0.6 is 0 Å². The van der Waals surface area contributed by atoms with Crippen LogP contribution in [0.15, 0.2) is 0 Å². The minimum Gasteiger partial charge on any atom is -0.317 e. The molecule has 1 aliphatic rings. The first-order valence-corrected chi connectivity index (χ1v) is 9.85. The van der Waals surface area contributed by atoms with Crippen molar-refractivity contribution in [2.45, 2.75) is 25.7 Å². The van der Waals surface area contributed by atoms with Crippen LogP contribution in [-0.2, 0) is 20.8 Å². The summed E-state index contributed by atoms with van der Waals surface area (Å²) in [6.45, 7) is 2.40. The second-order valence-electron chi connectivity index (χ2n) is 4.83. The standard InChI is InChI=1S/C11H24N2O3S2/c1-17(14)9-2-6-13-18(15,16)10-5-11-3-7-12-8-4-11/h11-13H,2-10H2,1H3. The molecule has 0 aromatic heterocycles. The Kier molecular flexibility index (Phi) is 7.36. The molecular formula is C11H24N2O3S2. The summed E-state index contributed by atoms with van der Waals surface area (Å²) >= 11 is 0. The topological polar surface area (TPSA) is 75.3 Å². The Morgan fingerprint density at radius 1 is 1.33 bits per heavy atom. The lowest BCUT2D eigenvalue weighted by molar-refractivity contribution is 0.365. The molecule has 1 atom stereocenters. The third-order valence-electron chi connectivity index (χ3n) is 3.18. The van der Waals surface area contributed by atoms with Crippen LogP contribution in [-0.4, -0.2) is 50.0 Å². The molecule has 0 spiro atoms. The Morgan fingerprint density at radius 2 is 2.00 bits per heavy atom. The molecule has 1 heterocycles. The normalized spacial score (nSPS) is 19.8. The highest BCUT2D eigenvalue weighted by Gasteiger charge is 2.17. The van der Waals surface area contributed by atoms with Crippen molar-refractivity contribution in [1.29, 1.82) is 0 Å². The molecule has 1 rings (SSSR count). The van der Waals surface area contributed by atoms with Crippen molar-refractivity contribution >= 4 is 20.8 Å². The number of hydrogen-bond donors (Lipinski definition) is 2. The van der Waals surface area contributed by atoms with E-state index in [9.17, 15) is 12.6 Å². The summed E-state index contributed by atoms with van der Waals surface area (Å²) in [6, 6.07) is 0. The van der Waals surface area contributed by atoms with Gasteiger partial charge in [0.1, 0.15) is 0 Å². The number of nitrogens with one attached hydrogen (secondary N) is 2. The Bertz CT molecular complexity index is 351. The molecule has 1 aliphatic heterocycles. The van der Waals surface area contributed by atoms with E-state index in [2.05, 4.69) is 10.0 Å². The largest absolute Gasteiger partial charge is 0.317 e. The summed E-state index contributed by atoms with van der Waals surface area (Å²) in [7, 11) is -3.99. The Morgan fingerprint density at radius 3 is 2.61 bits per heavy atom. The van der Waals surface area contributed by atoms with Gasteiger partial charge < -0.3 is 5.32 Å². The van der Waals surface area contributed by atoms with Crippen molar-refractivity contribution in [3.05, 3.63) is 0 Å². The second kappa shape index (κ2) is 8.24. The van der Waals surface area contributed by atoms with Crippen molar-refractivity contribution in [2.24, 2.45) is 5.92 Å². The lowest BCUT2D eigenvalue weighted by Crippen LogP contribution is -2.32. The highest BCUT2D eigenvalue weighted by molar-refractivity contribution is 7.89. The van der Waals surface area contributed by atoms with Gasteiger partial charge in [0.05, 0.1) is 5.75 Å². The molecule has 7 heteroatoms. The SMILES string of the molecule is CS(=O)CCCNS(=O)(=O)CCC1CCNCC1. The van der Waals surface area contributed by atoms with Gasteiger partial charge in [0.25, 0.3) is 0 Å². The molecule has 1 saturated heterocycles. The average molecular weight is 296 g/mol. The van der Waals surface area contributed by atoms with E-state index in [0.717, 1.165) is 32.4 Å². The fourth-order valence-corrected chi connectivity index (χ4v) is 3.86. The van der Waals surface area contributed by atoms with E-state index in [-0.39, 0.29) is 5.75 Å². The van der Waals surface area contributed by atoms with Crippen LogP contribution < -0.4 is 10.0 Å². The summed E-state index contributed by atoms with van der Waals surface area (Å²) in [4.78, 5) is 0. The van der Waals surface area contributed by atoms with Gasteiger partial charge in [-0.15, -0.1) is 0 Å². The molecule has 0 aromatic carbocycles. The Hall–Kier alpha value is 0.0200. The molecule has 0 aliphatic carbocycles. The fraction of sp³-hybridized carbons (Fsp3) is 1.00. The Balaban J connectivity index is 2.16. The number of rotatable bonds is 8. The molecule has 5 nitrogen and oxygen atoms in total. The van der Waals surface area contributed by atoms with E-state index in [1.54, 1.807) is 6.26 Å².